The molecule has 1 rings (SSSR count). The van der Waals surface area contributed by atoms with Crippen LogP contribution in [0.4, 0.5) is 4.79 Å². The smallest absolute Gasteiger partial charge is 0.313 e. The van der Waals surface area contributed by atoms with Crippen molar-refractivity contribution < 1.29 is 14.4 Å². The number of halogens is 1. The Labute approximate surface area is 96.5 Å². The van der Waals surface area contributed by atoms with Gasteiger partial charge in [0.25, 0.3) is 5.91 Å². The van der Waals surface area contributed by atoms with Gasteiger partial charge in [-0.25, -0.2) is 9.69 Å². The summed E-state index contributed by atoms with van der Waals surface area (Å²) in [4.78, 5) is 36.1. The second kappa shape index (κ2) is 3.59. The Bertz CT molecular complexity index is 340. The van der Waals surface area contributed by atoms with Gasteiger partial charge in [0.15, 0.2) is 10.7 Å². The second-order valence-electron chi connectivity index (χ2n) is 4.02. The number of hydrogen-bond acceptors (Lipinski definition) is 3. The van der Waals surface area contributed by atoms with E-state index in [-0.39, 0.29) is 11.7 Å². The number of imide groups is 1. The van der Waals surface area contributed by atoms with Crippen molar-refractivity contribution in [1.29, 1.82) is 0 Å². The first-order valence-corrected chi connectivity index (χ1v) is 5.38. The predicted molar refractivity (Wildman–Crippen MR) is 57.5 cm³/mol. The van der Waals surface area contributed by atoms with Gasteiger partial charge in [-0.05, 0) is 20.8 Å². The van der Waals surface area contributed by atoms with Crippen LogP contribution in [-0.4, -0.2) is 45.1 Å². The number of carbonyl (C=O) groups is 3. The monoisotopic (exact) mass is 276 g/mol. The van der Waals surface area contributed by atoms with Gasteiger partial charge < -0.3 is 4.90 Å². The number of nitrogens with zero attached hydrogens (tertiary/aromatic N) is 2. The van der Waals surface area contributed by atoms with Gasteiger partial charge in [-0.1, -0.05) is 15.9 Å². The van der Waals surface area contributed by atoms with Gasteiger partial charge in [0.1, 0.15) is 5.54 Å². The third-order valence-corrected chi connectivity index (χ3v) is 3.69. The van der Waals surface area contributed by atoms with Gasteiger partial charge in [0.05, 0.1) is 0 Å². The van der Waals surface area contributed by atoms with Gasteiger partial charge in [0, 0.05) is 7.05 Å². The van der Waals surface area contributed by atoms with Crippen LogP contribution in [0.3, 0.4) is 0 Å². The van der Waals surface area contributed by atoms with Crippen molar-refractivity contribution >= 4 is 33.7 Å². The highest BCUT2D eigenvalue weighted by Gasteiger charge is 2.52. The Morgan fingerprint density at radius 1 is 1.40 bits per heavy atom. The highest BCUT2D eigenvalue weighted by Crippen LogP contribution is 2.29. The summed E-state index contributed by atoms with van der Waals surface area (Å²) in [6.45, 7) is 4.62. The highest BCUT2D eigenvalue weighted by molar-refractivity contribution is 9.10. The van der Waals surface area contributed by atoms with Crippen molar-refractivity contribution in [3.8, 4) is 0 Å². The molecule has 1 heterocycles. The van der Waals surface area contributed by atoms with E-state index in [9.17, 15) is 14.4 Å². The number of amides is 3. The minimum Gasteiger partial charge on any atom is -0.313 e. The van der Waals surface area contributed by atoms with Crippen molar-refractivity contribution in [3.63, 3.8) is 0 Å². The van der Waals surface area contributed by atoms with Crippen LogP contribution in [0.15, 0.2) is 0 Å². The molecule has 15 heavy (non-hydrogen) atoms. The van der Waals surface area contributed by atoms with Crippen LogP contribution in [0, 0.1) is 0 Å². The molecule has 0 aromatic heterocycles. The van der Waals surface area contributed by atoms with Gasteiger partial charge in [0.2, 0.25) is 0 Å². The van der Waals surface area contributed by atoms with E-state index in [0.717, 1.165) is 4.90 Å². The minimum atomic E-state index is -0.890. The van der Waals surface area contributed by atoms with Gasteiger partial charge in [-0.2, -0.15) is 0 Å². The fourth-order valence-corrected chi connectivity index (χ4v) is 1.67. The molecular formula is C9H13BrN2O3. The number of urea groups is 1. The summed E-state index contributed by atoms with van der Waals surface area (Å²) in [5.74, 6) is -0.644. The Balaban J connectivity index is 3.09. The molecule has 1 fully saturated rings. The molecule has 1 aliphatic rings. The Hall–Kier alpha value is -0.910. The van der Waals surface area contributed by atoms with E-state index in [2.05, 4.69) is 15.9 Å². The highest BCUT2D eigenvalue weighted by atomic mass is 79.9. The summed E-state index contributed by atoms with van der Waals surface area (Å²) in [5.41, 5.74) is -0.890. The largest absolute Gasteiger partial charge is 0.328 e. The lowest BCUT2D eigenvalue weighted by atomic mass is 10.1. The van der Waals surface area contributed by atoms with Crippen molar-refractivity contribution in [2.75, 3.05) is 7.05 Å². The summed E-state index contributed by atoms with van der Waals surface area (Å²) in [7, 11) is 1.54. The summed E-state index contributed by atoms with van der Waals surface area (Å²) >= 11 is 3.04. The average molecular weight is 277 g/mol. The SMILES string of the molecule is CC(=O)C(Br)N1C(=O)N(C)C(C)(C)C1=O. The molecule has 6 heteroatoms. The normalized spacial score (nSPS) is 22.2. The van der Waals surface area contributed by atoms with E-state index in [4.69, 9.17) is 0 Å². The summed E-state index contributed by atoms with van der Waals surface area (Å²) < 4.78 is 0. The van der Waals surface area contributed by atoms with E-state index in [1.807, 2.05) is 0 Å². The predicted octanol–water partition coefficient (Wildman–Crippen LogP) is 0.969. The van der Waals surface area contributed by atoms with E-state index >= 15 is 0 Å². The number of hydrogen-bond donors (Lipinski definition) is 0. The number of alkyl halides is 1. The van der Waals surface area contributed by atoms with Crippen LogP contribution in [0.1, 0.15) is 20.8 Å². The molecule has 5 nitrogen and oxygen atoms in total. The summed E-state index contributed by atoms with van der Waals surface area (Å²) in [6, 6.07) is -0.456. The summed E-state index contributed by atoms with van der Waals surface area (Å²) in [6.07, 6.45) is 0. The Morgan fingerprint density at radius 2 is 1.87 bits per heavy atom. The lowest BCUT2D eigenvalue weighted by Gasteiger charge is -2.22. The molecule has 1 aliphatic heterocycles. The van der Waals surface area contributed by atoms with E-state index < -0.39 is 16.5 Å². The minimum absolute atomic E-state index is 0.275. The Morgan fingerprint density at radius 3 is 2.13 bits per heavy atom. The lowest BCUT2D eigenvalue weighted by molar-refractivity contribution is -0.134. The zero-order valence-electron chi connectivity index (χ0n) is 9.07. The molecule has 0 saturated carbocycles. The van der Waals surface area contributed by atoms with E-state index in [0.29, 0.717) is 0 Å². The fraction of sp³-hybridized carbons (Fsp3) is 0.667. The van der Waals surface area contributed by atoms with Gasteiger partial charge in [-0.3, -0.25) is 9.59 Å². The molecule has 0 aliphatic carbocycles. The summed E-state index contributed by atoms with van der Waals surface area (Å²) in [5, 5.41) is 0. The topological polar surface area (TPSA) is 57.7 Å². The van der Waals surface area contributed by atoms with Crippen LogP contribution in [0.2, 0.25) is 0 Å². The lowest BCUT2D eigenvalue weighted by Crippen LogP contribution is -2.43. The maximum Gasteiger partial charge on any atom is 0.328 e. The molecule has 0 radical (unpaired) electrons. The molecule has 0 aromatic rings. The third kappa shape index (κ3) is 1.67. The van der Waals surface area contributed by atoms with Crippen LogP contribution < -0.4 is 0 Å². The van der Waals surface area contributed by atoms with Crippen LogP contribution in [-0.2, 0) is 9.59 Å². The van der Waals surface area contributed by atoms with Crippen molar-refractivity contribution in [2.24, 2.45) is 0 Å². The molecule has 1 unspecified atom stereocenters. The molecule has 0 aromatic carbocycles. The molecule has 0 spiro atoms. The zero-order chi connectivity index (χ0) is 12.0. The van der Waals surface area contributed by atoms with Crippen LogP contribution in [0.5, 0.6) is 0 Å². The maximum absolute atomic E-state index is 11.9. The zero-order valence-corrected chi connectivity index (χ0v) is 10.7. The molecule has 1 saturated heterocycles. The molecular weight excluding hydrogens is 264 g/mol. The van der Waals surface area contributed by atoms with Gasteiger partial charge >= 0.3 is 6.03 Å². The van der Waals surface area contributed by atoms with Crippen molar-refractivity contribution in [1.82, 2.24) is 9.80 Å². The molecule has 1 atom stereocenters. The molecule has 0 N–H and O–H groups in total. The van der Waals surface area contributed by atoms with Crippen molar-refractivity contribution in [3.05, 3.63) is 0 Å². The number of rotatable bonds is 2. The first-order valence-electron chi connectivity index (χ1n) is 4.47. The maximum atomic E-state index is 11.9. The number of carbonyl (C=O) groups excluding carboxylic acids is 3. The molecule has 84 valence electrons. The number of ketones is 1. The standard InChI is InChI=1S/C9H13BrN2O3/c1-5(13)6(10)12-7(14)9(2,3)11(4)8(12)15/h6H,1-4H3. The quantitative estimate of drug-likeness (QED) is 0.429. The average Bonchev–Trinajstić information content (AvgIpc) is 2.28. The molecule has 0 bridgehead atoms. The van der Waals surface area contributed by atoms with Crippen LogP contribution >= 0.6 is 15.9 Å². The first-order chi connectivity index (χ1) is 6.71. The Kier molecular flexibility index (Phi) is 2.91. The first kappa shape index (κ1) is 12.2. The van der Waals surface area contributed by atoms with Crippen LogP contribution in [0.25, 0.3) is 0 Å². The molecule has 3 amide bonds. The number of Topliss-reactive ketones (excluding diaryl/α,β-unsaturated/α-hetero) is 1. The second-order valence-corrected chi connectivity index (χ2v) is 4.89. The van der Waals surface area contributed by atoms with Gasteiger partial charge in [-0.15, -0.1) is 0 Å². The van der Waals surface area contributed by atoms with E-state index in [1.54, 1.807) is 20.9 Å². The fourth-order valence-electron chi connectivity index (χ4n) is 1.31. The number of likely N-dealkylation sites (N-methyl/N-ethyl adjacent to an activating group) is 1. The van der Waals surface area contributed by atoms with E-state index in [1.165, 1.54) is 11.8 Å². The third-order valence-electron chi connectivity index (χ3n) is 2.64. The van der Waals surface area contributed by atoms with Crippen molar-refractivity contribution in [2.45, 2.75) is 31.3 Å².